The second-order valence-corrected chi connectivity index (χ2v) is 5.20. The molecule has 0 aliphatic heterocycles. The van der Waals surface area contributed by atoms with Crippen LogP contribution in [0.1, 0.15) is 25.8 Å². The summed E-state index contributed by atoms with van der Waals surface area (Å²) in [5.74, 6) is -0.382. The SMILES string of the molecule is CCOC(=O)Cn1cc(-c2ccccc2)n(C2CC2)c1=O. The fraction of sp³-hybridized carbons (Fsp3) is 0.375. The van der Waals surface area contributed by atoms with Gasteiger partial charge in [-0.15, -0.1) is 0 Å². The Bertz CT molecular complexity index is 696. The summed E-state index contributed by atoms with van der Waals surface area (Å²) in [6, 6.07) is 10.0. The van der Waals surface area contributed by atoms with E-state index in [-0.39, 0.29) is 24.2 Å². The van der Waals surface area contributed by atoms with Gasteiger partial charge in [0.25, 0.3) is 0 Å². The summed E-state index contributed by atoms with van der Waals surface area (Å²) in [5.41, 5.74) is 1.72. The number of rotatable bonds is 5. The van der Waals surface area contributed by atoms with Crippen LogP contribution in [0.2, 0.25) is 0 Å². The van der Waals surface area contributed by atoms with Crippen LogP contribution in [-0.4, -0.2) is 21.7 Å². The normalized spacial score (nSPS) is 14.1. The quantitative estimate of drug-likeness (QED) is 0.792. The van der Waals surface area contributed by atoms with Crippen molar-refractivity contribution < 1.29 is 9.53 Å². The van der Waals surface area contributed by atoms with Crippen LogP contribution in [0.15, 0.2) is 41.3 Å². The Morgan fingerprint density at radius 2 is 2.00 bits per heavy atom. The zero-order chi connectivity index (χ0) is 14.8. The molecule has 1 aliphatic rings. The Kier molecular flexibility index (Phi) is 3.64. The van der Waals surface area contributed by atoms with Gasteiger partial charge in [-0.25, -0.2) is 4.79 Å². The monoisotopic (exact) mass is 286 g/mol. The van der Waals surface area contributed by atoms with E-state index in [1.807, 2.05) is 30.3 Å². The van der Waals surface area contributed by atoms with E-state index in [0.29, 0.717) is 6.61 Å². The van der Waals surface area contributed by atoms with Gasteiger partial charge >= 0.3 is 11.7 Å². The molecule has 0 bridgehead atoms. The van der Waals surface area contributed by atoms with Crippen molar-refractivity contribution in [2.45, 2.75) is 32.4 Å². The number of imidazole rings is 1. The lowest BCUT2D eigenvalue weighted by Crippen LogP contribution is -2.27. The van der Waals surface area contributed by atoms with Crippen LogP contribution in [0.3, 0.4) is 0 Å². The van der Waals surface area contributed by atoms with Gasteiger partial charge in [0, 0.05) is 12.2 Å². The average Bonchev–Trinajstić information content (AvgIpc) is 3.26. The van der Waals surface area contributed by atoms with Crippen LogP contribution in [0.5, 0.6) is 0 Å². The average molecular weight is 286 g/mol. The second kappa shape index (κ2) is 5.60. The number of hydrogen-bond donors (Lipinski definition) is 0. The van der Waals surface area contributed by atoms with E-state index in [9.17, 15) is 9.59 Å². The zero-order valence-corrected chi connectivity index (χ0v) is 12.0. The summed E-state index contributed by atoms with van der Waals surface area (Å²) in [4.78, 5) is 24.1. The van der Waals surface area contributed by atoms with Crippen LogP contribution < -0.4 is 5.69 Å². The minimum absolute atomic E-state index is 0.0355. The molecule has 1 fully saturated rings. The van der Waals surface area contributed by atoms with Gasteiger partial charge in [0.15, 0.2) is 0 Å². The van der Waals surface area contributed by atoms with E-state index >= 15 is 0 Å². The highest BCUT2D eigenvalue weighted by Crippen LogP contribution is 2.37. The van der Waals surface area contributed by atoms with Gasteiger partial charge in [-0.3, -0.25) is 13.9 Å². The number of nitrogens with zero attached hydrogens (tertiary/aromatic N) is 2. The number of benzene rings is 1. The van der Waals surface area contributed by atoms with Gasteiger partial charge in [0.05, 0.1) is 12.3 Å². The molecule has 5 nitrogen and oxygen atoms in total. The van der Waals surface area contributed by atoms with Gasteiger partial charge in [-0.2, -0.15) is 0 Å². The molecule has 1 aliphatic carbocycles. The Balaban J connectivity index is 2.00. The maximum atomic E-state index is 12.5. The third-order valence-electron chi connectivity index (χ3n) is 3.58. The Labute approximate surface area is 122 Å². The summed E-state index contributed by atoms with van der Waals surface area (Å²) in [7, 11) is 0. The van der Waals surface area contributed by atoms with E-state index in [2.05, 4.69) is 0 Å². The molecule has 1 heterocycles. The van der Waals surface area contributed by atoms with E-state index in [1.54, 1.807) is 17.7 Å². The predicted octanol–water partition coefficient (Wildman–Crippen LogP) is 2.21. The molecule has 0 spiro atoms. The summed E-state index contributed by atoms with van der Waals surface area (Å²) >= 11 is 0. The Morgan fingerprint density at radius 1 is 1.29 bits per heavy atom. The second-order valence-electron chi connectivity index (χ2n) is 5.20. The molecule has 0 unspecified atom stereocenters. The first kappa shape index (κ1) is 13.7. The van der Waals surface area contributed by atoms with Gasteiger partial charge in [0.1, 0.15) is 6.54 Å². The van der Waals surface area contributed by atoms with Crippen LogP contribution >= 0.6 is 0 Å². The standard InChI is InChI=1S/C16H18N2O3/c1-2-21-15(19)11-17-10-14(12-6-4-3-5-7-12)18(16(17)20)13-8-9-13/h3-7,10,13H,2,8-9,11H2,1H3. The van der Waals surface area contributed by atoms with Crippen molar-refractivity contribution in [1.29, 1.82) is 0 Å². The highest BCUT2D eigenvalue weighted by Gasteiger charge is 2.29. The van der Waals surface area contributed by atoms with Crippen molar-refractivity contribution >= 4 is 5.97 Å². The van der Waals surface area contributed by atoms with Crippen molar-refractivity contribution in [3.8, 4) is 11.3 Å². The van der Waals surface area contributed by atoms with Crippen LogP contribution in [0, 0.1) is 0 Å². The Morgan fingerprint density at radius 3 is 2.62 bits per heavy atom. The minimum Gasteiger partial charge on any atom is -0.465 e. The van der Waals surface area contributed by atoms with E-state index in [0.717, 1.165) is 24.1 Å². The van der Waals surface area contributed by atoms with Crippen molar-refractivity contribution in [2.24, 2.45) is 0 Å². The maximum Gasteiger partial charge on any atom is 0.329 e. The first-order valence-corrected chi connectivity index (χ1v) is 7.23. The van der Waals surface area contributed by atoms with Crippen LogP contribution in [0.4, 0.5) is 0 Å². The summed E-state index contributed by atoms with van der Waals surface area (Å²) in [6.07, 6.45) is 3.79. The lowest BCUT2D eigenvalue weighted by molar-refractivity contribution is -0.143. The topological polar surface area (TPSA) is 53.2 Å². The largest absolute Gasteiger partial charge is 0.465 e. The molecule has 3 rings (SSSR count). The van der Waals surface area contributed by atoms with Crippen molar-refractivity contribution in [3.63, 3.8) is 0 Å². The minimum atomic E-state index is -0.382. The molecule has 5 heteroatoms. The van der Waals surface area contributed by atoms with Crippen LogP contribution in [0.25, 0.3) is 11.3 Å². The molecule has 0 amide bonds. The van der Waals surface area contributed by atoms with Crippen molar-refractivity contribution in [1.82, 2.24) is 9.13 Å². The molecule has 1 aromatic carbocycles. The third-order valence-corrected chi connectivity index (χ3v) is 3.58. The zero-order valence-electron chi connectivity index (χ0n) is 12.0. The lowest BCUT2D eigenvalue weighted by Gasteiger charge is -2.04. The van der Waals surface area contributed by atoms with Crippen LogP contribution in [-0.2, 0) is 16.1 Å². The van der Waals surface area contributed by atoms with Gasteiger partial charge in [-0.1, -0.05) is 30.3 Å². The molecule has 1 aromatic heterocycles. The molecule has 0 radical (unpaired) electrons. The fourth-order valence-corrected chi connectivity index (χ4v) is 2.47. The molecular weight excluding hydrogens is 268 g/mol. The highest BCUT2D eigenvalue weighted by molar-refractivity contribution is 5.69. The molecule has 0 saturated heterocycles. The van der Waals surface area contributed by atoms with E-state index in [4.69, 9.17) is 4.74 Å². The highest BCUT2D eigenvalue weighted by atomic mass is 16.5. The number of esters is 1. The van der Waals surface area contributed by atoms with Gasteiger partial charge in [-0.05, 0) is 25.3 Å². The lowest BCUT2D eigenvalue weighted by atomic mass is 10.2. The summed E-state index contributed by atoms with van der Waals surface area (Å²) in [5, 5.41) is 0. The molecule has 110 valence electrons. The third kappa shape index (κ3) is 2.77. The van der Waals surface area contributed by atoms with E-state index < -0.39 is 0 Å². The van der Waals surface area contributed by atoms with Crippen molar-refractivity contribution in [2.75, 3.05) is 6.61 Å². The fourth-order valence-electron chi connectivity index (χ4n) is 2.47. The molecule has 0 atom stereocenters. The molecule has 21 heavy (non-hydrogen) atoms. The first-order chi connectivity index (χ1) is 10.2. The number of ether oxygens (including phenoxy) is 1. The van der Waals surface area contributed by atoms with E-state index in [1.165, 1.54) is 4.57 Å². The number of carbonyl (C=O) groups excluding carboxylic acids is 1. The first-order valence-electron chi connectivity index (χ1n) is 7.23. The van der Waals surface area contributed by atoms with Gasteiger partial charge in [0.2, 0.25) is 0 Å². The molecule has 1 saturated carbocycles. The van der Waals surface area contributed by atoms with Gasteiger partial charge < -0.3 is 4.74 Å². The Hall–Kier alpha value is -2.30. The molecule has 2 aromatic rings. The summed E-state index contributed by atoms with van der Waals surface area (Å²) in [6.45, 7) is 2.04. The smallest absolute Gasteiger partial charge is 0.329 e. The predicted molar refractivity (Wildman–Crippen MR) is 79.0 cm³/mol. The maximum absolute atomic E-state index is 12.5. The summed E-state index contributed by atoms with van der Waals surface area (Å²) < 4.78 is 8.17. The molecule has 0 N–H and O–H groups in total. The number of hydrogen-bond acceptors (Lipinski definition) is 3. The number of carbonyl (C=O) groups is 1. The van der Waals surface area contributed by atoms with Crippen molar-refractivity contribution in [3.05, 3.63) is 47.0 Å². The molecular formula is C16H18N2O3. The number of aromatic nitrogens is 2.